The average Bonchev–Trinajstić information content (AvgIpc) is 3.32. The molecule has 0 aliphatic heterocycles. The first-order chi connectivity index (χ1) is 34.0. The van der Waals surface area contributed by atoms with E-state index in [1.807, 2.05) is 27.2 Å². The number of allylic oxidation sites excluding steroid dienone is 19. The Balaban J connectivity index is 3.92. The maximum absolute atomic E-state index is 12.8. The number of unbranched alkanes of at least 4 members (excludes halogenated alkanes) is 18. The zero-order valence-corrected chi connectivity index (χ0v) is 46.3. The molecule has 0 heterocycles. The summed E-state index contributed by atoms with van der Waals surface area (Å²) in [6.45, 7) is 4.45. The zero-order chi connectivity index (χ0) is 51.3. The van der Waals surface area contributed by atoms with Gasteiger partial charge in [-0.2, -0.15) is 0 Å². The van der Waals surface area contributed by atoms with Gasteiger partial charge in [0.15, 0.2) is 0 Å². The molecule has 0 bridgehead atoms. The first kappa shape index (κ1) is 66.9. The zero-order valence-electron chi connectivity index (χ0n) is 45.4. The van der Waals surface area contributed by atoms with Gasteiger partial charge < -0.3 is 28.8 Å². The van der Waals surface area contributed by atoms with Crippen LogP contribution in [0.4, 0.5) is 0 Å². The lowest BCUT2D eigenvalue weighted by Crippen LogP contribution is -2.45. The molecule has 400 valence electrons. The van der Waals surface area contributed by atoms with Crippen molar-refractivity contribution < 1.29 is 32.9 Å². The summed E-state index contributed by atoms with van der Waals surface area (Å²) in [7, 11) is 1.24. The van der Waals surface area contributed by atoms with Crippen molar-refractivity contribution in [1.29, 1.82) is 0 Å². The van der Waals surface area contributed by atoms with Gasteiger partial charge in [0, 0.05) is 6.42 Å². The second-order valence-corrected chi connectivity index (χ2v) is 21.0. The molecule has 8 nitrogen and oxygen atoms in total. The van der Waals surface area contributed by atoms with Crippen LogP contribution in [0.15, 0.2) is 122 Å². The summed E-state index contributed by atoms with van der Waals surface area (Å²) in [6.07, 6.45) is 76.0. The van der Waals surface area contributed by atoms with Crippen LogP contribution in [-0.4, -0.2) is 68.5 Å². The second-order valence-electron chi connectivity index (χ2n) is 19.6. The molecule has 0 aromatic rings. The Morgan fingerprint density at radius 2 is 0.871 bits per heavy atom. The quantitative estimate of drug-likeness (QED) is 0.0272. The summed E-state index contributed by atoms with van der Waals surface area (Å²) in [4.78, 5) is 25.3. The van der Waals surface area contributed by atoms with E-state index in [1.54, 1.807) is 6.08 Å². The minimum absolute atomic E-state index is 0.00623. The molecule has 0 aromatic carbocycles. The number of amides is 1. The topological polar surface area (TPSA) is 108 Å². The lowest BCUT2D eigenvalue weighted by atomic mass is 10.0. The monoisotopic (exact) mass is 993 g/mol. The number of phosphoric acid groups is 1. The van der Waals surface area contributed by atoms with Crippen LogP contribution < -0.4 is 10.2 Å². The molecule has 0 saturated carbocycles. The minimum atomic E-state index is -4.59. The Bertz CT molecular complexity index is 1550. The highest BCUT2D eigenvalue weighted by molar-refractivity contribution is 7.45. The van der Waals surface area contributed by atoms with Gasteiger partial charge in [0.1, 0.15) is 13.2 Å². The number of rotatable bonds is 49. The third kappa shape index (κ3) is 52.7. The fraction of sp³-hybridized carbons (Fsp3) is 0.656. The third-order valence-corrected chi connectivity index (χ3v) is 12.6. The molecule has 3 unspecified atom stereocenters. The smallest absolute Gasteiger partial charge is 0.268 e. The third-order valence-electron chi connectivity index (χ3n) is 11.7. The van der Waals surface area contributed by atoms with Crippen LogP contribution in [0.3, 0.4) is 0 Å². The number of quaternary nitrogens is 1. The lowest BCUT2D eigenvalue weighted by molar-refractivity contribution is -0.870. The van der Waals surface area contributed by atoms with Crippen molar-refractivity contribution in [2.75, 3.05) is 40.9 Å². The largest absolute Gasteiger partial charge is 0.756 e. The molecule has 0 spiro atoms. The number of hydrogen-bond donors (Lipinski definition) is 2. The highest BCUT2D eigenvalue weighted by Crippen LogP contribution is 2.38. The molecule has 3 atom stereocenters. The van der Waals surface area contributed by atoms with Gasteiger partial charge in [-0.3, -0.25) is 9.36 Å². The molecule has 1 amide bonds. The molecule has 0 fully saturated rings. The van der Waals surface area contributed by atoms with Crippen molar-refractivity contribution >= 4 is 13.7 Å². The van der Waals surface area contributed by atoms with Crippen LogP contribution in [0.1, 0.15) is 206 Å². The van der Waals surface area contributed by atoms with E-state index in [9.17, 15) is 19.4 Å². The summed E-state index contributed by atoms with van der Waals surface area (Å²) in [5, 5.41) is 13.7. The molecular weight excluding hydrogens is 888 g/mol. The van der Waals surface area contributed by atoms with Gasteiger partial charge in [0.2, 0.25) is 5.91 Å². The average molecular weight is 993 g/mol. The standard InChI is InChI=1S/C61H105N2O6P/c1-6-8-10-12-14-15-16-17-18-19-20-21-22-23-24-25-26-27-28-29-30-31-32-33-34-35-36-37-38-39-40-41-42-43-44-45-46-47-49-51-53-55-61(65)62-59(60(64)54-52-50-48-13-11-9-7-2)58-69-70(66,67)68-57-56-63(3,4)5/h8,10,14-15,17-18,20-21,23-24,26-27,29-30,32-33,35-36,52,54,59-60,64H,6-7,9,11-13,16,19,22,25,28,31,34,37-51,53,55-58H2,1-5H3,(H-,62,65,66,67)/b10-8-,15-14-,18-17-,21-20-,24-23-,27-26-,30-29-,33-32-,36-35-,54-52+. The fourth-order valence-corrected chi connectivity index (χ4v) is 8.04. The van der Waals surface area contributed by atoms with Gasteiger partial charge in [-0.1, -0.05) is 232 Å². The molecule has 0 aliphatic carbocycles. The predicted octanol–water partition coefficient (Wildman–Crippen LogP) is 16.3. The Morgan fingerprint density at radius 1 is 0.514 bits per heavy atom. The molecule has 0 saturated heterocycles. The molecule has 9 heteroatoms. The number of carbonyl (C=O) groups is 1. The lowest BCUT2D eigenvalue weighted by Gasteiger charge is -2.29. The van der Waals surface area contributed by atoms with E-state index in [0.29, 0.717) is 17.4 Å². The van der Waals surface area contributed by atoms with Gasteiger partial charge in [0.05, 0.1) is 39.9 Å². The van der Waals surface area contributed by atoms with E-state index in [-0.39, 0.29) is 19.1 Å². The molecule has 0 aliphatic rings. The molecular formula is C61H105N2O6P. The highest BCUT2D eigenvalue weighted by Gasteiger charge is 2.23. The summed E-state index contributed by atoms with van der Waals surface area (Å²) >= 11 is 0. The van der Waals surface area contributed by atoms with Gasteiger partial charge in [-0.05, 0) is 89.9 Å². The Labute approximate surface area is 431 Å². The number of phosphoric ester groups is 1. The van der Waals surface area contributed by atoms with Crippen LogP contribution in [0.25, 0.3) is 0 Å². The summed E-state index contributed by atoms with van der Waals surface area (Å²) in [6, 6.07) is -0.890. The summed E-state index contributed by atoms with van der Waals surface area (Å²) < 4.78 is 23.1. The maximum Gasteiger partial charge on any atom is 0.268 e. The van der Waals surface area contributed by atoms with E-state index >= 15 is 0 Å². The number of hydrogen-bond acceptors (Lipinski definition) is 6. The van der Waals surface area contributed by atoms with E-state index in [0.717, 1.165) is 96.3 Å². The normalized spacial score (nSPS) is 14.9. The van der Waals surface area contributed by atoms with E-state index in [1.165, 1.54) is 89.9 Å². The van der Waals surface area contributed by atoms with Gasteiger partial charge in [0.25, 0.3) is 7.82 Å². The Kier molecular flexibility index (Phi) is 48.6. The van der Waals surface area contributed by atoms with Crippen molar-refractivity contribution in [3.8, 4) is 0 Å². The van der Waals surface area contributed by atoms with Crippen molar-refractivity contribution in [3.63, 3.8) is 0 Å². The Morgan fingerprint density at radius 3 is 1.27 bits per heavy atom. The van der Waals surface area contributed by atoms with Gasteiger partial charge in [-0.25, -0.2) is 0 Å². The van der Waals surface area contributed by atoms with Crippen LogP contribution in [0.5, 0.6) is 0 Å². The first-order valence-electron chi connectivity index (χ1n) is 27.9. The van der Waals surface area contributed by atoms with Crippen LogP contribution in [-0.2, 0) is 18.4 Å². The molecule has 0 radical (unpaired) electrons. The van der Waals surface area contributed by atoms with E-state index < -0.39 is 20.0 Å². The maximum atomic E-state index is 12.8. The Hall–Kier alpha value is -3.10. The number of aliphatic hydroxyl groups excluding tert-OH is 1. The summed E-state index contributed by atoms with van der Waals surface area (Å²) in [5.41, 5.74) is 0. The van der Waals surface area contributed by atoms with E-state index in [4.69, 9.17) is 9.05 Å². The van der Waals surface area contributed by atoms with Crippen molar-refractivity contribution in [1.82, 2.24) is 5.32 Å². The summed E-state index contributed by atoms with van der Waals surface area (Å²) in [5.74, 6) is -0.208. The molecule has 2 N–H and O–H groups in total. The SMILES string of the molecule is CC/C=C\C/C=C\C/C=C\C/C=C\C/C=C\C/C=C\C/C=C\C/C=C\C/C=C\CCCCCCCCCCCCCCCC(=O)NC(COP(=O)([O-])OCC[N+](C)(C)C)C(O)/C=C/CCCCCCC. The minimum Gasteiger partial charge on any atom is -0.756 e. The molecule has 0 aromatic heterocycles. The second kappa shape index (κ2) is 50.8. The van der Waals surface area contributed by atoms with Crippen molar-refractivity contribution in [3.05, 3.63) is 122 Å². The highest BCUT2D eigenvalue weighted by atomic mass is 31.2. The number of aliphatic hydroxyl groups is 1. The number of carbonyl (C=O) groups excluding carboxylic acids is 1. The predicted molar refractivity (Wildman–Crippen MR) is 302 cm³/mol. The van der Waals surface area contributed by atoms with E-state index in [2.05, 4.69) is 129 Å². The molecule has 70 heavy (non-hydrogen) atoms. The fourth-order valence-electron chi connectivity index (χ4n) is 7.32. The van der Waals surface area contributed by atoms with Crippen LogP contribution >= 0.6 is 7.82 Å². The molecule has 0 rings (SSSR count). The number of nitrogens with zero attached hydrogens (tertiary/aromatic N) is 1. The number of nitrogens with one attached hydrogen (secondary N) is 1. The van der Waals surface area contributed by atoms with Crippen molar-refractivity contribution in [2.45, 2.75) is 219 Å². The first-order valence-corrected chi connectivity index (χ1v) is 29.4. The van der Waals surface area contributed by atoms with Gasteiger partial charge >= 0.3 is 0 Å². The van der Waals surface area contributed by atoms with Crippen molar-refractivity contribution in [2.24, 2.45) is 0 Å². The van der Waals surface area contributed by atoms with Gasteiger partial charge in [-0.15, -0.1) is 0 Å². The van der Waals surface area contributed by atoms with Crippen LogP contribution in [0, 0.1) is 0 Å². The number of likely N-dealkylation sites (N-methyl/N-ethyl adjacent to an activating group) is 1. The van der Waals surface area contributed by atoms with Crippen LogP contribution in [0.2, 0.25) is 0 Å².